The van der Waals surface area contributed by atoms with Gasteiger partial charge in [0.25, 0.3) is 11.5 Å². The number of carbonyl (C=O) groups is 1. The summed E-state index contributed by atoms with van der Waals surface area (Å²) in [5, 5.41) is 2.61. The maximum absolute atomic E-state index is 13.4. The molecule has 0 atom stereocenters. The minimum atomic E-state index is -4.63. The van der Waals surface area contributed by atoms with Crippen molar-refractivity contribution in [3.63, 3.8) is 0 Å². The fraction of sp³-hybridized carbons (Fsp3) is 0.160. The summed E-state index contributed by atoms with van der Waals surface area (Å²) in [4.78, 5) is 33.6. The minimum Gasteiger partial charge on any atom is -0.348 e. The number of rotatable bonds is 6. The van der Waals surface area contributed by atoms with Crippen LogP contribution in [0.25, 0.3) is 17.1 Å². The van der Waals surface area contributed by atoms with Gasteiger partial charge < -0.3 is 10.3 Å². The lowest BCUT2D eigenvalue weighted by atomic mass is 10.1. The van der Waals surface area contributed by atoms with Gasteiger partial charge in [0.1, 0.15) is 11.4 Å². The molecule has 2 heterocycles. The lowest BCUT2D eigenvalue weighted by molar-refractivity contribution is -0.137. The van der Waals surface area contributed by atoms with Gasteiger partial charge in [-0.1, -0.05) is 18.2 Å². The van der Waals surface area contributed by atoms with Crippen molar-refractivity contribution in [3.8, 4) is 17.1 Å². The fourth-order valence-electron chi connectivity index (χ4n) is 3.78. The highest BCUT2D eigenvalue weighted by molar-refractivity contribution is 7.90. The van der Waals surface area contributed by atoms with Crippen molar-refractivity contribution < 1.29 is 26.4 Å². The normalized spacial score (nSPS) is 11.9. The van der Waals surface area contributed by atoms with Crippen LogP contribution in [0.2, 0.25) is 0 Å². The van der Waals surface area contributed by atoms with E-state index in [0.717, 1.165) is 23.0 Å². The number of benzene rings is 2. The van der Waals surface area contributed by atoms with Gasteiger partial charge in [0, 0.05) is 42.1 Å². The van der Waals surface area contributed by atoms with Crippen LogP contribution in [-0.2, 0) is 22.6 Å². The third kappa shape index (κ3) is 5.48. The quantitative estimate of drug-likeness (QED) is 0.393. The summed E-state index contributed by atoms with van der Waals surface area (Å²) in [6.07, 6.45) is -0.547. The average Bonchev–Trinajstić information content (AvgIpc) is 3.37. The summed E-state index contributed by atoms with van der Waals surface area (Å²) in [5.74, 6) is -0.436. The van der Waals surface area contributed by atoms with E-state index in [9.17, 15) is 31.2 Å². The highest BCUT2D eigenvalue weighted by Gasteiger charge is 2.31. The number of halogens is 3. The number of amides is 1. The molecule has 0 aliphatic rings. The number of aromatic amines is 1. The summed E-state index contributed by atoms with van der Waals surface area (Å²) in [7, 11) is -3.38. The maximum atomic E-state index is 13.4. The summed E-state index contributed by atoms with van der Waals surface area (Å²) in [6, 6.07) is 11.5. The Balaban J connectivity index is 1.75. The summed E-state index contributed by atoms with van der Waals surface area (Å²) >= 11 is 0. The van der Waals surface area contributed by atoms with E-state index in [0.29, 0.717) is 17.0 Å². The van der Waals surface area contributed by atoms with E-state index in [-0.39, 0.29) is 28.4 Å². The molecule has 12 heteroatoms. The summed E-state index contributed by atoms with van der Waals surface area (Å²) in [6.45, 7) is 1.53. The molecule has 4 aromatic rings. The number of hydrogen-bond donors (Lipinski definition) is 2. The minimum absolute atomic E-state index is 0.0180. The summed E-state index contributed by atoms with van der Waals surface area (Å²) < 4.78 is 64.4. The third-order valence-corrected chi connectivity index (χ3v) is 6.81. The van der Waals surface area contributed by atoms with Gasteiger partial charge in [0.2, 0.25) is 0 Å². The van der Waals surface area contributed by atoms with Gasteiger partial charge >= 0.3 is 6.18 Å². The first-order valence-corrected chi connectivity index (χ1v) is 12.8. The van der Waals surface area contributed by atoms with E-state index in [1.165, 1.54) is 54.9 Å². The molecule has 0 radical (unpaired) electrons. The zero-order valence-corrected chi connectivity index (χ0v) is 20.4. The number of H-pyrrole nitrogens is 1. The van der Waals surface area contributed by atoms with Crippen molar-refractivity contribution in [3.05, 3.63) is 99.7 Å². The van der Waals surface area contributed by atoms with Crippen molar-refractivity contribution >= 4 is 15.7 Å². The molecule has 0 saturated heterocycles. The molecule has 2 N–H and O–H groups in total. The second kappa shape index (κ2) is 9.69. The number of sulfone groups is 1. The fourth-order valence-corrected chi connectivity index (χ4v) is 4.41. The van der Waals surface area contributed by atoms with Crippen molar-refractivity contribution in [2.24, 2.45) is 0 Å². The van der Waals surface area contributed by atoms with Crippen molar-refractivity contribution in [2.45, 2.75) is 24.5 Å². The lowest BCUT2D eigenvalue weighted by Gasteiger charge is -2.17. The second-order valence-electron chi connectivity index (χ2n) is 8.28. The number of alkyl halides is 3. The Bertz CT molecular complexity index is 1630. The molecule has 2 aromatic carbocycles. The molecule has 1 amide bonds. The molecule has 192 valence electrons. The Labute approximate surface area is 209 Å². The van der Waals surface area contributed by atoms with Crippen LogP contribution in [0.5, 0.6) is 0 Å². The first kappa shape index (κ1) is 25.9. The number of hydrogen-bond acceptors (Lipinski definition) is 5. The molecule has 0 aliphatic carbocycles. The Morgan fingerprint density at radius 3 is 2.41 bits per heavy atom. The molecule has 4 rings (SSSR count). The van der Waals surface area contributed by atoms with Crippen LogP contribution in [0, 0.1) is 6.92 Å². The van der Waals surface area contributed by atoms with Gasteiger partial charge in [0.15, 0.2) is 9.84 Å². The zero-order valence-electron chi connectivity index (χ0n) is 19.6. The van der Waals surface area contributed by atoms with Crippen LogP contribution in [0.3, 0.4) is 0 Å². The Morgan fingerprint density at radius 1 is 1.11 bits per heavy atom. The topological polar surface area (TPSA) is 114 Å². The van der Waals surface area contributed by atoms with Crippen LogP contribution >= 0.6 is 0 Å². The molecule has 37 heavy (non-hydrogen) atoms. The number of nitrogens with one attached hydrogen (secondary N) is 2. The highest BCUT2D eigenvalue weighted by Crippen LogP contribution is 2.31. The van der Waals surface area contributed by atoms with E-state index in [2.05, 4.69) is 15.3 Å². The monoisotopic (exact) mass is 530 g/mol. The van der Waals surface area contributed by atoms with Gasteiger partial charge in [-0.3, -0.25) is 14.2 Å². The van der Waals surface area contributed by atoms with Crippen LogP contribution in [0.1, 0.15) is 27.2 Å². The van der Waals surface area contributed by atoms with Crippen LogP contribution in [0.15, 0.2) is 76.7 Å². The molecule has 0 aliphatic heterocycles. The number of aromatic nitrogens is 3. The second-order valence-corrected chi connectivity index (χ2v) is 10.3. The molecule has 8 nitrogen and oxygen atoms in total. The number of pyridine rings is 1. The van der Waals surface area contributed by atoms with E-state index in [1.807, 2.05) is 0 Å². The number of nitrogens with zero attached hydrogens (tertiary/aromatic N) is 2. The van der Waals surface area contributed by atoms with Gasteiger partial charge in [-0.05, 0) is 48.9 Å². The maximum Gasteiger partial charge on any atom is 0.416 e. The van der Waals surface area contributed by atoms with Crippen LogP contribution in [0.4, 0.5) is 13.2 Å². The molecule has 0 unspecified atom stereocenters. The largest absolute Gasteiger partial charge is 0.416 e. The van der Waals surface area contributed by atoms with E-state index in [1.54, 1.807) is 6.92 Å². The van der Waals surface area contributed by atoms with Crippen LogP contribution < -0.4 is 10.9 Å². The standard InChI is InChI=1S/C25H21F3N4O4S/c1-15-20(22-29-10-11-30-22)13-21(23(33)31-14-16-6-8-19(9-7-16)37(2,35)36)24(34)32(15)18-5-3-4-17(12-18)25(26,27)28/h3-13H,14H2,1-2H3,(H,29,30)(H,31,33). The molecule has 0 spiro atoms. The van der Waals surface area contributed by atoms with Gasteiger partial charge in [-0.25, -0.2) is 13.4 Å². The number of imidazole rings is 1. The van der Waals surface area contributed by atoms with Gasteiger partial charge in [0.05, 0.1) is 10.5 Å². The molecule has 0 fully saturated rings. The van der Waals surface area contributed by atoms with Crippen molar-refractivity contribution in [1.29, 1.82) is 0 Å². The molecular formula is C25H21F3N4O4S. The predicted octanol–water partition coefficient (Wildman–Crippen LogP) is 3.89. The SMILES string of the molecule is Cc1c(-c2ncc[nH]2)cc(C(=O)NCc2ccc(S(C)(=O)=O)cc2)c(=O)n1-c1cccc(C(F)(F)F)c1. The van der Waals surface area contributed by atoms with Gasteiger partial charge in [-0.2, -0.15) is 13.2 Å². The Morgan fingerprint density at radius 2 is 1.81 bits per heavy atom. The van der Waals surface area contributed by atoms with E-state index >= 15 is 0 Å². The first-order chi connectivity index (χ1) is 17.4. The average molecular weight is 531 g/mol. The lowest BCUT2D eigenvalue weighted by Crippen LogP contribution is -2.33. The van der Waals surface area contributed by atoms with Gasteiger partial charge in [-0.15, -0.1) is 0 Å². The van der Waals surface area contributed by atoms with Crippen LogP contribution in [-0.4, -0.2) is 35.1 Å². The van der Waals surface area contributed by atoms with E-state index in [4.69, 9.17) is 0 Å². The predicted molar refractivity (Wildman–Crippen MR) is 130 cm³/mol. The van der Waals surface area contributed by atoms with E-state index < -0.39 is 33.0 Å². The third-order valence-electron chi connectivity index (χ3n) is 5.68. The molecule has 2 aromatic heterocycles. The Hall–Kier alpha value is -4.19. The van der Waals surface area contributed by atoms with Crippen molar-refractivity contribution in [1.82, 2.24) is 19.9 Å². The zero-order chi connectivity index (χ0) is 27.0. The molecular weight excluding hydrogens is 509 g/mol. The highest BCUT2D eigenvalue weighted by atomic mass is 32.2. The summed E-state index contributed by atoms with van der Waals surface area (Å²) in [5.41, 5.74) is -0.896. The Kier molecular flexibility index (Phi) is 6.78. The molecule has 0 saturated carbocycles. The molecule has 0 bridgehead atoms. The van der Waals surface area contributed by atoms with Crippen molar-refractivity contribution in [2.75, 3.05) is 6.26 Å². The number of carbonyl (C=O) groups excluding carboxylic acids is 1. The first-order valence-electron chi connectivity index (χ1n) is 10.9. The smallest absolute Gasteiger partial charge is 0.348 e.